The van der Waals surface area contributed by atoms with Crippen molar-refractivity contribution in [2.75, 3.05) is 43.9 Å². The second-order valence-corrected chi connectivity index (χ2v) is 5.18. The summed E-state index contributed by atoms with van der Waals surface area (Å²) in [5, 5.41) is 2.64. The summed E-state index contributed by atoms with van der Waals surface area (Å²) in [6.45, 7) is 4.93. The molecule has 0 amide bonds. The molecule has 0 bridgehead atoms. The van der Waals surface area contributed by atoms with Crippen molar-refractivity contribution < 1.29 is 8.78 Å². The summed E-state index contributed by atoms with van der Waals surface area (Å²) in [6.07, 6.45) is 2.29. The first-order chi connectivity index (χ1) is 9.56. The first kappa shape index (κ1) is 15.0. The molecule has 0 spiro atoms. The minimum Gasteiger partial charge on any atom is -0.371 e. The number of aromatic nitrogens is 1. The summed E-state index contributed by atoms with van der Waals surface area (Å²) in [7, 11) is 3.37. The Bertz CT molecular complexity index is 467. The van der Waals surface area contributed by atoms with Crippen molar-refractivity contribution in [2.24, 2.45) is 0 Å². The Labute approximate surface area is 118 Å². The van der Waals surface area contributed by atoms with Crippen LogP contribution in [0.25, 0.3) is 0 Å². The molecule has 112 valence electrons. The first-order valence-corrected chi connectivity index (χ1v) is 7.05. The van der Waals surface area contributed by atoms with Gasteiger partial charge in [-0.2, -0.15) is 0 Å². The van der Waals surface area contributed by atoms with Crippen molar-refractivity contribution >= 4 is 11.6 Å². The lowest BCUT2D eigenvalue weighted by molar-refractivity contribution is 0.270. The molecule has 1 N–H and O–H groups in total. The van der Waals surface area contributed by atoms with Gasteiger partial charge in [-0.15, -0.1) is 0 Å². The second kappa shape index (κ2) is 6.35. The van der Waals surface area contributed by atoms with Crippen molar-refractivity contribution in [1.82, 2.24) is 9.88 Å². The fourth-order valence-corrected chi connectivity index (χ4v) is 2.82. The summed E-state index contributed by atoms with van der Waals surface area (Å²) in [5.41, 5.74) is 0. The van der Waals surface area contributed by atoms with Gasteiger partial charge in [0.15, 0.2) is 23.3 Å². The molecule has 1 saturated heterocycles. The highest BCUT2D eigenvalue weighted by atomic mass is 19.1. The van der Waals surface area contributed by atoms with Crippen LogP contribution in [0.2, 0.25) is 0 Å². The van der Waals surface area contributed by atoms with Gasteiger partial charge in [-0.05, 0) is 25.9 Å². The minimum atomic E-state index is -0.668. The Kier molecular flexibility index (Phi) is 4.75. The van der Waals surface area contributed by atoms with Gasteiger partial charge < -0.3 is 10.2 Å². The van der Waals surface area contributed by atoms with Gasteiger partial charge in [0.1, 0.15) is 0 Å². The Hall–Kier alpha value is -1.43. The van der Waals surface area contributed by atoms with Crippen LogP contribution in [-0.2, 0) is 0 Å². The molecular formula is C14H22F2N4. The molecule has 4 nitrogen and oxygen atoms in total. The lowest BCUT2D eigenvalue weighted by Crippen LogP contribution is -2.39. The number of likely N-dealkylation sites (tertiary alicyclic amines) is 1. The SMILES string of the molecule is CCN1CCCC1CN(C)c1nc(NC)c(F)cc1F. The highest BCUT2D eigenvalue weighted by Gasteiger charge is 2.25. The van der Waals surface area contributed by atoms with Crippen molar-refractivity contribution in [3.8, 4) is 0 Å². The predicted octanol–water partition coefficient (Wildman–Crippen LogP) is 2.32. The van der Waals surface area contributed by atoms with Crippen LogP contribution in [0.4, 0.5) is 20.4 Å². The Morgan fingerprint density at radius 1 is 1.45 bits per heavy atom. The molecule has 0 aliphatic carbocycles. The van der Waals surface area contributed by atoms with E-state index >= 15 is 0 Å². The molecular weight excluding hydrogens is 262 g/mol. The zero-order valence-corrected chi connectivity index (χ0v) is 12.3. The van der Waals surface area contributed by atoms with Gasteiger partial charge in [0.2, 0.25) is 0 Å². The second-order valence-electron chi connectivity index (χ2n) is 5.18. The average molecular weight is 284 g/mol. The zero-order chi connectivity index (χ0) is 14.7. The molecule has 6 heteroatoms. The Morgan fingerprint density at radius 3 is 2.85 bits per heavy atom. The van der Waals surface area contributed by atoms with E-state index in [1.807, 2.05) is 0 Å². The molecule has 0 aromatic carbocycles. The van der Waals surface area contributed by atoms with Gasteiger partial charge in [0, 0.05) is 32.7 Å². The number of hydrogen-bond acceptors (Lipinski definition) is 4. The van der Waals surface area contributed by atoms with Gasteiger partial charge >= 0.3 is 0 Å². The summed E-state index contributed by atoms with van der Waals surface area (Å²) in [4.78, 5) is 8.19. The molecule has 1 atom stereocenters. The van der Waals surface area contributed by atoms with E-state index in [9.17, 15) is 8.78 Å². The standard InChI is InChI=1S/C14H22F2N4/c1-4-20-7-5-6-10(20)9-19(3)14-12(16)8-11(15)13(17-2)18-14/h8,10H,4-7,9H2,1-3H3,(H,17,18). The van der Waals surface area contributed by atoms with Gasteiger partial charge in [-0.3, -0.25) is 4.90 Å². The number of rotatable bonds is 5. The lowest BCUT2D eigenvalue weighted by atomic mass is 10.2. The number of nitrogens with zero attached hydrogens (tertiary/aromatic N) is 3. The van der Waals surface area contributed by atoms with E-state index in [0.717, 1.165) is 25.6 Å². The van der Waals surface area contributed by atoms with Gasteiger partial charge in [-0.1, -0.05) is 6.92 Å². The van der Waals surface area contributed by atoms with Crippen molar-refractivity contribution in [1.29, 1.82) is 0 Å². The van der Waals surface area contributed by atoms with E-state index in [0.29, 0.717) is 12.6 Å². The van der Waals surface area contributed by atoms with E-state index in [4.69, 9.17) is 0 Å². The number of hydrogen-bond donors (Lipinski definition) is 1. The average Bonchev–Trinajstić information content (AvgIpc) is 2.86. The highest BCUT2D eigenvalue weighted by Crippen LogP contribution is 2.24. The smallest absolute Gasteiger partial charge is 0.168 e. The fourth-order valence-electron chi connectivity index (χ4n) is 2.82. The van der Waals surface area contributed by atoms with Crippen LogP contribution >= 0.6 is 0 Å². The molecule has 1 aliphatic heterocycles. The molecule has 1 aliphatic rings. The highest BCUT2D eigenvalue weighted by molar-refractivity contribution is 5.48. The molecule has 1 aromatic rings. The third kappa shape index (κ3) is 3.00. The van der Waals surface area contributed by atoms with Crippen molar-refractivity contribution in [2.45, 2.75) is 25.8 Å². The fraction of sp³-hybridized carbons (Fsp3) is 0.643. The molecule has 1 fully saturated rings. The summed E-state index contributed by atoms with van der Waals surface area (Å²) >= 11 is 0. The number of likely N-dealkylation sites (N-methyl/N-ethyl adjacent to an activating group) is 2. The number of halogens is 2. The normalized spacial score (nSPS) is 19.4. The number of pyridine rings is 1. The molecule has 2 rings (SSSR count). The molecule has 0 radical (unpaired) electrons. The predicted molar refractivity (Wildman–Crippen MR) is 77.2 cm³/mol. The first-order valence-electron chi connectivity index (χ1n) is 7.05. The monoisotopic (exact) mass is 284 g/mol. The third-order valence-corrected chi connectivity index (χ3v) is 3.90. The largest absolute Gasteiger partial charge is 0.371 e. The minimum absolute atomic E-state index is 0.0759. The molecule has 1 unspecified atom stereocenters. The zero-order valence-electron chi connectivity index (χ0n) is 12.3. The van der Waals surface area contributed by atoms with E-state index in [1.165, 1.54) is 6.42 Å². The van der Waals surface area contributed by atoms with Crippen LogP contribution < -0.4 is 10.2 Å². The van der Waals surface area contributed by atoms with E-state index in [1.54, 1.807) is 19.0 Å². The number of nitrogens with one attached hydrogen (secondary N) is 1. The van der Waals surface area contributed by atoms with Crippen LogP contribution in [0.1, 0.15) is 19.8 Å². The lowest BCUT2D eigenvalue weighted by Gasteiger charge is -2.28. The third-order valence-electron chi connectivity index (χ3n) is 3.90. The summed E-state index contributed by atoms with van der Waals surface area (Å²) in [5.74, 6) is -1.02. The van der Waals surface area contributed by atoms with Crippen LogP contribution in [0.15, 0.2) is 6.07 Å². The Balaban J connectivity index is 2.14. The van der Waals surface area contributed by atoms with Crippen LogP contribution in [0.5, 0.6) is 0 Å². The molecule has 20 heavy (non-hydrogen) atoms. The quantitative estimate of drug-likeness (QED) is 0.899. The topological polar surface area (TPSA) is 31.4 Å². The van der Waals surface area contributed by atoms with Gasteiger partial charge in [-0.25, -0.2) is 13.8 Å². The van der Waals surface area contributed by atoms with Gasteiger partial charge in [0.25, 0.3) is 0 Å². The number of anilines is 2. The Morgan fingerprint density at radius 2 is 2.20 bits per heavy atom. The van der Waals surface area contributed by atoms with Crippen LogP contribution in [0.3, 0.4) is 0 Å². The van der Waals surface area contributed by atoms with Crippen molar-refractivity contribution in [3.63, 3.8) is 0 Å². The van der Waals surface area contributed by atoms with E-state index in [-0.39, 0.29) is 11.6 Å². The maximum atomic E-state index is 13.9. The van der Waals surface area contributed by atoms with Crippen LogP contribution in [-0.4, -0.2) is 49.7 Å². The maximum Gasteiger partial charge on any atom is 0.168 e. The summed E-state index contributed by atoms with van der Waals surface area (Å²) in [6, 6.07) is 1.30. The summed E-state index contributed by atoms with van der Waals surface area (Å²) < 4.78 is 27.3. The van der Waals surface area contributed by atoms with E-state index in [2.05, 4.69) is 22.1 Å². The molecule has 2 heterocycles. The van der Waals surface area contributed by atoms with Crippen molar-refractivity contribution in [3.05, 3.63) is 17.7 Å². The van der Waals surface area contributed by atoms with E-state index < -0.39 is 11.6 Å². The molecule has 1 aromatic heterocycles. The van der Waals surface area contributed by atoms with Crippen LogP contribution in [0, 0.1) is 11.6 Å². The molecule has 0 saturated carbocycles. The maximum absolute atomic E-state index is 13.9. The van der Waals surface area contributed by atoms with Gasteiger partial charge in [0.05, 0.1) is 0 Å².